The Labute approximate surface area is 207 Å². The van der Waals surface area contributed by atoms with Crippen molar-refractivity contribution in [2.24, 2.45) is 0 Å². The second-order valence-corrected chi connectivity index (χ2v) is 8.34. The summed E-state index contributed by atoms with van der Waals surface area (Å²) in [7, 11) is 3.08. The van der Waals surface area contributed by atoms with Crippen LogP contribution in [0.25, 0.3) is 0 Å². The van der Waals surface area contributed by atoms with Gasteiger partial charge in [0.05, 0.1) is 30.6 Å². The van der Waals surface area contributed by atoms with Crippen LogP contribution < -0.4 is 9.80 Å². The van der Waals surface area contributed by atoms with Crippen molar-refractivity contribution in [3.05, 3.63) is 53.6 Å². The molecule has 2 aliphatic heterocycles. The fourth-order valence-corrected chi connectivity index (χ4v) is 4.08. The molecule has 0 saturated carbocycles. The van der Waals surface area contributed by atoms with Crippen LogP contribution >= 0.6 is 12.2 Å². The molecule has 1 aromatic heterocycles. The van der Waals surface area contributed by atoms with Crippen molar-refractivity contribution < 1.29 is 23.5 Å². The minimum atomic E-state index is -0.644. The molecule has 1 atom stereocenters. The molecule has 1 aromatic carbocycles. The Balaban J connectivity index is 1.39. The Morgan fingerprint density at radius 1 is 1.29 bits per heavy atom. The minimum absolute atomic E-state index is 0.169. The number of benzene rings is 1. The van der Waals surface area contributed by atoms with Crippen molar-refractivity contribution in [2.45, 2.75) is 6.23 Å². The number of piperazine rings is 1. The highest BCUT2D eigenvalue weighted by Gasteiger charge is 2.36. The minimum Gasteiger partial charge on any atom is -0.474 e. The first-order valence-electron chi connectivity index (χ1n) is 10.8. The van der Waals surface area contributed by atoms with E-state index in [0.717, 1.165) is 0 Å². The predicted octanol–water partition coefficient (Wildman–Crippen LogP) is 2.20. The van der Waals surface area contributed by atoms with Gasteiger partial charge in [0, 0.05) is 39.4 Å². The highest BCUT2D eigenvalue weighted by molar-refractivity contribution is 7.80. The molecule has 35 heavy (non-hydrogen) atoms. The molecule has 4 rings (SSSR count). The van der Waals surface area contributed by atoms with Gasteiger partial charge in [0.2, 0.25) is 0 Å². The van der Waals surface area contributed by atoms with Crippen LogP contribution in [0.1, 0.15) is 16.1 Å². The zero-order valence-corrected chi connectivity index (χ0v) is 20.0. The molecule has 0 N–H and O–H groups in total. The van der Waals surface area contributed by atoms with Crippen LogP contribution in [0.4, 0.5) is 20.6 Å². The maximum absolute atomic E-state index is 15.1. The number of likely N-dealkylation sites (N-methyl/N-ethyl adjacent to an activating group) is 1. The molecule has 182 valence electrons. The Bertz CT molecular complexity index is 1180. The lowest BCUT2D eigenvalue weighted by molar-refractivity contribution is 0.0677. The Morgan fingerprint density at radius 2 is 2.03 bits per heavy atom. The van der Waals surface area contributed by atoms with Crippen molar-refractivity contribution in [1.82, 2.24) is 14.8 Å². The number of aromatic nitrogens is 1. The molecule has 2 fully saturated rings. The van der Waals surface area contributed by atoms with E-state index in [1.54, 1.807) is 30.1 Å². The number of ether oxygens (including phenoxy) is 2. The average molecular weight is 499 g/mol. The number of hydrogen-bond acceptors (Lipinski definition) is 8. The Kier molecular flexibility index (Phi) is 6.97. The largest absolute Gasteiger partial charge is 0.474 e. The standard InChI is InChI=1S/C23H23FN6O4S/c1-27(23(35)33-2)20-14-30(22(32)34-20)17-5-6-19(18(24)11-17)28-7-9-29(10-8-28)21(31)15-3-4-16(12-25)26-13-15/h3-6,11,13,20H,7-10,14H2,1-2H3. The predicted molar refractivity (Wildman–Crippen MR) is 128 cm³/mol. The van der Waals surface area contributed by atoms with Gasteiger partial charge in [-0.15, -0.1) is 0 Å². The van der Waals surface area contributed by atoms with Crippen LogP contribution in [0.3, 0.4) is 0 Å². The molecular weight excluding hydrogens is 475 g/mol. The summed E-state index contributed by atoms with van der Waals surface area (Å²) in [5.41, 5.74) is 1.41. The molecule has 1 unspecified atom stereocenters. The number of methoxy groups -OCH3 is 1. The average Bonchev–Trinajstić information content (AvgIpc) is 3.29. The summed E-state index contributed by atoms with van der Waals surface area (Å²) in [4.78, 5) is 35.4. The third-order valence-corrected chi connectivity index (χ3v) is 6.42. The zero-order chi connectivity index (χ0) is 25.1. The summed E-state index contributed by atoms with van der Waals surface area (Å²) in [6, 6.07) is 9.58. The first kappa shape index (κ1) is 24.2. The molecule has 0 bridgehead atoms. The SMILES string of the molecule is COC(=S)N(C)C1CN(c2ccc(N3CCN(C(=O)c4ccc(C#N)nc4)CC3)c(F)c2)C(=O)O1. The third kappa shape index (κ3) is 4.95. The van der Waals surface area contributed by atoms with Crippen molar-refractivity contribution in [2.75, 3.05) is 56.7 Å². The van der Waals surface area contributed by atoms with Gasteiger partial charge in [0.1, 0.15) is 17.6 Å². The second kappa shape index (κ2) is 10.1. The lowest BCUT2D eigenvalue weighted by atomic mass is 10.2. The third-order valence-electron chi connectivity index (χ3n) is 5.97. The number of thiocarbonyl (C=S) groups is 1. The number of rotatable bonds is 4. The summed E-state index contributed by atoms with van der Waals surface area (Å²) in [6.07, 6.45) is 0.145. The molecule has 12 heteroatoms. The highest BCUT2D eigenvalue weighted by atomic mass is 32.1. The van der Waals surface area contributed by atoms with Crippen molar-refractivity contribution in [3.63, 3.8) is 0 Å². The van der Waals surface area contributed by atoms with Gasteiger partial charge in [0.15, 0.2) is 6.23 Å². The van der Waals surface area contributed by atoms with Gasteiger partial charge in [-0.3, -0.25) is 14.6 Å². The van der Waals surface area contributed by atoms with Gasteiger partial charge in [-0.05, 0) is 42.5 Å². The quantitative estimate of drug-likeness (QED) is 0.587. The number of cyclic esters (lactones) is 1. The zero-order valence-electron chi connectivity index (χ0n) is 19.2. The number of carbonyl (C=O) groups is 2. The summed E-state index contributed by atoms with van der Waals surface area (Å²) in [5, 5.41) is 9.03. The first-order valence-corrected chi connectivity index (χ1v) is 11.2. The van der Waals surface area contributed by atoms with E-state index in [-0.39, 0.29) is 23.3 Å². The van der Waals surface area contributed by atoms with E-state index in [4.69, 9.17) is 27.0 Å². The molecular formula is C23H23FN6O4S. The number of nitriles is 1. The van der Waals surface area contributed by atoms with Gasteiger partial charge in [-0.25, -0.2) is 14.2 Å². The lowest BCUT2D eigenvalue weighted by Crippen LogP contribution is -2.49. The van der Waals surface area contributed by atoms with E-state index in [1.807, 2.05) is 11.0 Å². The maximum Gasteiger partial charge on any atom is 0.416 e. The molecule has 2 amide bonds. The van der Waals surface area contributed by atoms with Gasteiger partial charge < -0.3 is 19.3 Å². The summed E-state index contributed by atoms with van der Waals surface area (Å²) < 4.78 is 25.4. The Morgan fingerprint density at radius 3 is 2.63 bits per heavy atom. The van der Waals surface area contributed by atoms with Crippen molar-refractivity contribution in [3.8, 4) is 6.07 Å². The maximum atomic E-state index is 15.1. The van der Waals surface area contributed by atoms with Crippen molar-refractivity contribution >= 4 is 40.8 Å². The van der Waals surface area contributed by atoms with E-state index in [1.165, 1.54) is 35.2 Å². The number of nitrogens with zero attached hydrogens (tertiary/aromatic N) is 6. The fraction of sp³-hybridized carbons (Fsp3) is 0.348. The van der Waals surface area contributed by atoms with Gasteiger partial charge in [-0.1, -0.05) is 0 Å². The molecule has 0 spiro atoms. The monoisotopic (exact) mass is 498 g/mol. The van der Waals surface area contributed by atoms with Gasteiger partial charge in [0.25, 0.3) is 11.1 Å². The highest BCUT2D eigenvalue weighted by Crippen LogP contribution is 2.29. The molecule has 2 saturated heterocycles. The number of pyridine rings is 1. The number of anilines is 2. The number of carbonyl (C=O) groups excluding carboxylic acids is 2. The van der Waals surface area contributed by atoms with Crippen LogP contribution in [0, 0.1) is 17.1 Å². The first-order chi connectivity index (χ1) is 16.8. The lowest BCUT2D eigenvalue weighted by Gasteiger charge is -2.36. The van der Waals surface area contributed by atoms with Gasteiger partial charge in [-0.2, -0.15) is 5.26 Å². The number of halogens is 1. The van der Waals surface area contributed by atoms with E-state index in [9.17, 15) is 9.59 Å². The fourth-order valence-electron chi connectivity index (χ4n) is 3.96. The van der Waals surface area contributed by atoms with E-state index in [2.05, 4.69) is 4.98 Å². The molecule has 3 heterocycles. The van der Waals surface area contributed by atoms with Crippen LogP contribution in [0.15, 0.2) is 36.5 Å². The van der Waals surface area contributed by atoms with Crippen LogP contribution in [0.2, 0.25) is 0 Å². The normalized spacial score (nSPS) is 17.6. The topological polar surface area (TPSA) is 102 Å². The molecule has 2 aliphatic rings. The molecule has 0 radical (unpaired) electrons. The number of amides is 2. The van der Waals surface area contributed by atoms with Crippen LogP contribution in [-0.2, 0) is 9.47 Å². The van der Waals surface area contributed by atoms with Crippen molar-refractivity contribution in [1.29, 1.82) is 5.26 Å². The Hall–Kier alpha value is -3.98. The summed E-state index contributed by atoms with van der Waals surface area (Å²) in [5.74, 6) is -0.659. The molecule has 10 nitrogen and oxygen atoms in total. The second-order valence-electron chi connectivity index (χ2n) is 7.99. The van der Waals surface area contributed by atoms with E-state index < -0.39 is 18.1 Å². The van der Waals surface area contributed by atoms with E-state index >= 15 is 4.39 Å². The van der Waals surface area contributed by atoms with Gasteiger partial charge >= 0.3 is 6.09 Å². The summed E-state index contributed by atoms with van der Waals surface area (Å²) >= 11 is 5.07. The smallest absolute Gasteiger partial charge is 0.416 e. The van der Waals surface area contributed by atoms with Crippen LogP contribution in [0.5, 0.6) is 0 Å². The summed E-state index contributed by atoms with van der Waals surface area (Å²) in [6.45, 7) is 1.87. The van der Waals surface area contributed by atoms with E-state index in [0.29, 0.717) is 43.1 Å². The number of hydrogen-bond donors (Lipinski definition) is 0. The molecule has 2 aromatic rings. The molecule has 0 aliphatic carbocycles. The van der Waals surface area contributed by atoms with Crippen LogP contribution in [-0.4, -0.2) is 85.1 Å².